The van der Waals surface area contributed by atoms with Crippen LogP contribution in [0.5, 0.6) is 0 Å². The molecule has 2 heteroatoms. The van der Waals surface area contributed by atoms with Crippen LogP contribution in [0.2, 0.25) is 0 Å². The van der Waals surface area contributed by atoms with E-state index in [0.717, 1.165) is 5.92 Å². The van der Waals surface area contributed by atoms with Crippen LogP contribution in [0, 0.1) is 5.92 Å². The van der Waals surface area contributed by atoms with Crippen LogP contribution in [-0.2, 0) is 10.8 Å². The average Bonchev–Trinajstić information content (AvgIpc) is 3.31. The van der Waals surface area contributed by atoms with Gasteiger partial charge in [-0.05, 0) is 65.1 Å². The van der Waals surface area contributed by atoms with E-state index in [4.69, 9.17) is 0 Å². The Bertz CT molecular complexity index is 1740. The summed E-state index contributed by atoms with van der Waals surface area (Å²) in [6.45, 7) is 19.9. The van der Waals surface area contributed by atoms with E-state index >= 15 is 0 Å². The molecule has 0 unspecified atom stereocenters. The van der Waals surface area contributed by atoms with E-state index in [1.165, 1.54) is 55.5 Å². The molecule has 0 radical (unpaired) electrons. The SMILES string of the molecule is CC.CC(C)C.CN1/C(=C/C=C/C=C/C2=[N+](C)c3ccc4ccccc4c3C2(C)C)C(C)(C)c2c1ccc1ccccc21. The van der Waals surface area contributed by atoms with Crippen LogP contribution < -0.4 is 4.90 Å². The van der Waals surface area contributed by atoms with Gasteiger partial charge in [-0.1, -0.05) is 121 Å². The van der Waals surface area contributed by atoms with Gasteiger partial charge in [-0.25, -0.2) is 0 Å². The van der Waals surface area contributed by atoms with Crippen LogP contribution >= 0.6 is 0 Å². The normalized spacial score (nSPS) is 17.5. The van der Waals surface area contributed by atoms with E-state index in [1.807, 2.05) is 13.8 Å². The van der Waals surface area contributed by atoms with Crippen molar-refractivity contribution in [2.45, 2.75) is 73.1 Å². The van der Waals surface area contributed by atoms with Gasteiger partial charge in [-0.3, -0.25) is 0 Å². The van der Waals surface area contributed by atoms with Crippen molar-refractivity contribution in [2.24, 2.45) is 5.92 Å². The molecule has 2 aliphatic heterocycles. The van der Waals surface area contributed by atoms with Crippen molar-refractivity contribution < 1.29 is 4.58 Å². The van der Waals surface area contributed by atoms with Gasteiger partial charge in [0.2, 0.25) is 5.69 Å². The van der Waals surface area contributed by atoms with Gasteiger partial charge in [-0.15, -0.1) is 0 Å². The number of likely N-dealkylation sites (N-methyl/N-ethyl adjacent to an activating group) is 1. The Morgan fingerprint density at radius 3 is 1.81 bits per heavy atom. The standard InChI is InChI=1S/C35H35N2.C4H10.C2H6/c1-34(2)30(36(5)28-22-20-24-14-10-12-16-26(24)32(28)34)18-8-7-9-19-31-35(3,4)33-27-17-13-11-15-25(27)21-23-29(33)37(31)6;1-4(2)3;1-2/h7-23H,1-6H3;4H,1-3H3;1-2H3/q+1;;. The molecule has 0 saturated carbocycles. The van der Waals surface area contributed by atoms with Crippen LogP contribution in [0.1, 0.15) is 73.4 Å². The Morgan fingerprint density at radius 1 is 0.674 bits per heavy atom. The first kappa shape index (κ1) is 32.0. The molecule has 0 spiro atoms. The summed E-state index contributed by atoms with van der Waals surface area (Å²) in [6, 6.07) is 26.4. The predicted octanol–water partition coefficient (Wildman–Crippen LogP) is 11.1. The van der Waals surface area contributed by atoms with Crippen molar-refractivity contribution in [3.8, 4) is 0 Å². The molecule has 43 heavy (non-hydrogen) atoms. The number of hydrogen-bond donors (Lipinski definition) is 0. The monoisotopic (exact) mass is 571 g/mol. The molecule has 2 nitrogen and oxygen atoms in total. The molecule has 0 aliphatic carbocycles. The molecular weight excluding hydrogens is 520 g/mol. The molecule has 0 aromatic heterocycles. The van der Waals surface area contributed by atoms with Gasteiger partial charge in [0.1, 0.15) is 7.05 Å². The Morgan fingerprint density at radius 2 is 1.21 bits per heavy atom. The summed E-state index contributed by atoms with van der Waals surface area (Å²) in [7, 11) is 4.37. The van der Waals surface area contributed by atoms with Crippen LogP contribution in [0.4, 0.5) is 11.4 Å². The summed E-state index contributed by atoms with van der Waals surface area (Å²) in [5.41, 5.74) is 7.93. The molecule has 0 atom stereocenters. The van der Waals surface area contributed by atoms with Gasteiger partial charge in [0.25, 0.3) is 0 Å². The minimum Gasteiger partial charge on any atom is -0.347 e. The van der Waals surface area contributed by atoms with Gasteiger partial charge >= 0.3 is 0 Å². The molecule has 4 aromatic rings. The maximum absolute atomic E-state index is 2.35. The Kier molecular flexibility index (Phi) is 9.50. The zero-order valence-corrected chi connectivity index (χ0v) is 28.3. The lowest BCUT2D eigenvalue weighted by atomic mass is 9.79. The molecule has 2 aliphatic rings. The van der Waals surface area contributed by atoms with E-state index < -0.39 is 0 Å². The molecule has 0 amide bonds. The highest BCUT2D eigenvalue weighted by Crippen LogP contribution is 2.50. The fourth-order valence-corrected chi connectivity index (χ4v) is 6.74. The maximum atomic E-state index is 2.35. The van der Waals surface area contributed by atoms with Crippen LogP contribution in [0.25, 0.3) is 21.5 Å². The maximum Gasteiger partial charge on any atom is 0.210 e. The van der Waals surface area contributed by atoms with Crippen molar-refractivity contribution >= 4 is 38.6 Å². The summed E-state index contributed by atoms with van der Waals surface area (Å²) >= 11 is 0. The number of hydrogen-bond acceptors (Lipinski definition) is 1. The van der Waals surface area contributed by atoms with E-state index in [0.29, 0.717) is 0 Å². The number of allylic oxidation sites excluding steroid dienone is 6. The summed E-state index contributed by atoms with van der Waals surface area (Å²) in [4.78, 5) is 2.35. The topological polar surface area (TPSA) is 6.25 Å². The van der Waals surface area contributed by atoms with E-state index in [9.17, 15) is 0 Å². The molecule has 0 fully saturated rings. The van der Waals surface area contributed by atoms with Crippen molar-refractivity contribution in [1.82, 2.24) is 0 Å². The summed E-state index contributed by atoms with van der Waals surface area (Å²) < 4.78 is 2.35. The van der Waals surface area contributed by atoms with Crippen molar-refractivity contribution in [3.05, 3.63) is 120 Å². The first-order valence-corrected chi connectivity index (χ1v) is 15.9. The molecule has 0 bridgehead atoms. The van der Waals surface area contributed by atoms with Crippen LogP contribution in [0.15, 0.2) is 109 Å². The zero-order valence-electron chi connectivity index (χ0n) is 28.3. The van der Waals surface area contributed by atoms with Crippen molar-refractivity contribution in [3.63, 3.8) is 0 Å². The molecule has 2 heterocycles. The van der Waals surface area contributed by atoms with E-state index in [2.05, 4.69) is 175 Å². The largest absolute Gasteiger partial charge is 0.347 e. The van der Waals surface area contributed by atoms with Gasteiger partial charge in [0.05, 0.1) is 5.41 Å². The van der Waals surface area contributed by atoms with Crippen molar-refractivity contribution in [2.75, 3.05) is 19.0 Å². The Hall–Kier alpha value is -3.91. The van der Waals surface area contributed by atoms with E-state index in [-0.39, 0.29) is 10.8 Å². The summed E-state index contributed by atoms with van der Waals surface area (Å²) in [5, 5.41) is 5.30. The predicted molar refractivity (Wildman–Crippen MR) is 191 cm³/mol. The highest BCUT2D eigenvalue weighted by atomic mass is 15.2. The summed E-state index contributed by atoms with van der Waals surface area (Å²) in [6.07, 6.45) is 11.1. The van der Waals surface area contributed by atoms with Gasteiger partial charge in [0.15, 0.2) is 5.71 Å². The summed E-state index contributed by atoms with van der Waals surface area (Å²) in [5.74, 6) is 0.833. The minimum atomic E-state index is -0.0654. The highest BCUT2D eigenvalue weighted by Gasteiger charge is 2.44. The lowest BCUT2D eigenvalue weighted by Crippen LogP contribution is -2.26. The molecular formula is C41H51N2+. The third kappa shape index (κ3) is 5.85. The third-order valence-corrected chi connectivity index (χ3v) is 8.52. The fourth-order valence-electron chi connectivity index (χ4n) is 6.74. The first-order valence-electron chi connectivity index (χ1n) is 15.9. The fraction of sp³-hybridized carbons (Fsp3) is 0.341. The van der Waals surface area contributed by atoms with Gasteiger partial charge < -0.3 is 4.90 Å². The van der Waals surface area contributed by atoms with Gasteiger partial charge in [-0.2, -0.15) is 4.58 Å². The average molecular weight is 572 g/mol. The minimum absolute atomic E-state index is 0.0654. The Balaban J connectivity index is 0.000000653. The van der Waals surface area contributed by atoms with Crippen LogP contribution in [0.3, 0.4) is 0 Å². The number of rotatable bonds is 3. The van der Waals surface area contributed by atoms with Gasteiger partial charge in [0, 0.05) is 41.6 Å². The second-order valence-electron chi connectivity index (χ2n) is 13.1. The quantitative estimate of drug-likeness (QED) is 0.175. The lowest BCUT2D eigenvalue weighted by molar-refractivity contribution is -0.401. The molecule has 4 aromatic carbocycles. The molecule has 0 saturated heterocycles. The number of nitrogens with zero attached hydrogens (tertiary/aromatic N) is 2. The third-order valence-electron chi connectivity index (χ3n) is 8.52. The first-order chi connectivity index (χ1) is 20.5. The number of anilines is 1. The second kappa shape index (κ2) is 12.8. The van der Waals surface area contributed by atoms with Crippen molar-refractivity contribution in [1.29, 1.82) is 0 Å². The number of benzene rings is 4. The molecule has 0 N–H and O–H groups in total. The lowest BCUT2D eigenvalue weighted by Gasteiger charge is -2.24. The van der Waals surface area contributed by atoms with Crippen LogP contribution in [-0.4, -0.2) is 24.4 Å². The highest BCUT2D eigenvalue weighted by molar-refractivity contribution is 6.07. The smallest absolute Gasteiger partial charge is 0.210 e. The number of fused-ring (bicyclic) bond motifs is 6. The molecule has 6 rings (SSSR count). The Labute approximate surface area is 260 Å². The molecule has 224 valence electrons. The zero-order chi connectivity index (χ0) is 31.5. The second-order valence-corrected chi connectivity index (χ2v) is 13.1. The van der Waals surface area contributed by atoms with E-state index in [1.54, 1.807) is 0 Å².